The van der Waals surface area contributed by atoms with Crippen LogP contribution in [0.15, 0.2) is 24.3 Å². The van der Waals surface area contributed by atoms with E-state index in [1.54, 1.807) is 37.2 Å². The Morgan fingerprint density at radius 1 is 1.41 bits per heavy atom. The maximum atomic E-state index is 12.5. The van der Waals surface area contributed by atoms with Crippen LogP contribution in [0, 0.1) is 0 Å². The van der Waals surface area contributed by atoms with E-state index < -0.39 is 6.10 Å². The molecule has 22 heavy (non-hydrogen) atoms. The number of carbonyl (C=O) groups excluding carboxylic acids is 2. The van der Waals surface area contributed by atoms with Crippen LogP contribution in [-0.4, -0.2) is 66.6 Å². The lowest BCUT2D eigenvalue weighted by atomic mass is 10.1. The molecular formula is C16H23N3O3. The van der Waals surface area contributed by atoms with Gasteiger partial charge in [-0.3, -0.25) is 9.59 Å². The van der Waals surface area contributed by atoms with Gasteiger partial charge in [0.05, 0.1) is 12.6 Å². The van der Waals surface area contributed by atoms with Crippen molar-refractivity contribution in [2.75, 3.05) is 39.0 Å². The third-order valence-corrected chi connectivity index (χ3v) is 3.74. The first-order valence-corrected chi connectivity index (χ1v) is 7.49. The molecule has 1 aliphatic rings. The highest BCUT2D eigenvalue weighted by molar-refractivity contribution is 5.95. The van der Waals surface area contributed by atoms with Crippen LogP contribution >= 0.6 is 0 Å². The lowest BCUT2D eigenvalue weighted by Gasteiger charge is -2.30. The van der Waals surface area contributed by atoms with Crippen molar-refractivity contribution < 1.29 is 14.7 Å². The van der Waals surface area contributed by atoms with Gasteiger partial charge in [0.25, 0.3) is 5.91 Å². The standard InChI is InChI=1S/C16H23N3O3/c1-18(2)15(21)10-17-13-6-3-5-12(9-13)16(22)19-8-4-7-14(20)11-19/h3,5-6,9,14,17,20H,4,7-8,10-11H2,1-2H3/t14-/m1/s1. The number of rotatable bonds is 4. The van der Waals surface area contributed by atoms with Gasteiger partial charge < -0.3 is 20.2 Å². The maximum Gasteiger partial charge on any atom is 0.254 e. The molecule has 0 saturated carbocycles. The number of anilines is 1. The van der Waals surface area contributed by atoms with Gasteiger partial charge in [-0.2, -0.15) is 0 Å². The zero-order chi connectivity index (χ0) is 16.1. The summed E-state index contributed by atoms with van der Waals surface area (Å²) in [4.78, 5) is 27.2. The van der Waals surface area contributed by atoms with E-state index in [1.165, 1.54) is 4.90 Å². The highest BCUT2D eigenvalue weighted by Crippen LogP contribution is 2.16. The van der Waals surface area contributed by atoms with E-state index in [4.69, 9.17) is 0 Å². The molecule has 2 rings (SSSR count). The molecule has 1 fully saturated rings. The maximum absolute atomic E-state index is 12.5. The van der Waals surface area contributed by atoms with Crippen molar-refractivity contribution in [3.8, 4) is 0 Å². The number of aliphatic hydroxyl groups is 1. The number of β-amino-alcohol motifs (C(OH)–C–C–N with tert-alkyl or cyclic N) is 1. The molecule has 0 aliphatic carbocycles. The monoisotopic (exact) mass is 305 g/mol. The number of carbonyl (C=O) groups is 2. The molecule has 1 aliphatic heterocycles. The number of likely N-dealkylation sites (N-methyl/N-ethyl adjacent to an activating group) is 1. The van der Waals surface area contributed by atoms with Crippen LogP contribution in [0.25, 0.3) is 0 Å². The molecule has 6 nitrogen and oxygen atoms in total. The summed E-state index contributed by atoms with van der Waals surface area (Å²) < 4.78 is 0. The lowest BCUT2D eigenvalue weighted by Crippen LogP contribution is -2.42. The van der Waals surface area contributed by atoms with E-state index >= 15 is 0 Å². The zero-order valence-corrected chi connectivity index (χ0v) is 13.1. The van der Waals surface area contributed by atoms with Gasteiger partial charge >= 0.3 is 0 Å². The number of nitrogens with zero attached hydrogens (tertiary/aromatic N) is 2. The van der Waals surface area contributed by atoms with Crippen molar-refractivity contribution in [1.29, 1.82) is 0 Å². The highest BCUT2D eigenvalue weighted by atomic mass is 16.3. The second kappa shape index (κ2) is 7.26. The van der Waals surface area contributed by atoms with Gasteiger partial charge in [-0.25, -0.2) is 0 Å². The number of likely N-dealkylation sites (tertiary alicyclic amines) is 1. The van der Waals surface area contributed by atoms with E-state index in [0.717, 1.165) is 18.5 Å². The first-order chi connectivity index (χ1) is 10.5. The van der Waals surface area contributed by atoms with Gasteiger partial charge in [-0.1, -0.05) is 6.07 Å². The fourth-order valence-electron chi connectivity index (χ4n) is 2.42. The molecule has 2 N–H and O–H groups in total. The molecule has 0 aromatic heterocycles. The van der Waals surface area contributed by atoms with E-state index in [1.807, 2.05) is 6.07 Å². The Balaban J connectivity index is 2.01. The van der Waals surface area contributed by atoms with Crippen molar-refractivity contribution in [2.24, 2.45) is 0 Å². The number of hydrogen-bond acceptors (Lipinski definition) is 4. The van der Waals surface area contributed by atoms with E-state index in [0.29, 0.717) is 18.7 Å². The van der Waals surface area contributed by atoms with Crippen LogP contribution in [0.5, 0.6) is 0 Å². The Morgan fingerprint density at radius 3 is 2.86 bits per heavy atom. The molecule has 1 atom stereocenters. The van der Waals surface area contributed by atoms with Gasteiger partial charge in [0, 0.05) is 38.4 Å². The second-order valence-corrected chi connectivity index (χ2v) is 5.77. The van der Waals surface area contributed by atoms with Crippen molar-refractivity contribution in [1.82, 2.24) is 9.80 Å². The fourth-order valence-corrected chi connectivity index (χ4v) is 2.42. The molecule has 120 valence electrons. The lowest BCUT2D eigenvalue weighted by molar-refractivity contribution is -0.126. The third kappa shape index (κ3) is 4.21. The third-order valence-electron chi connectivity index (χ3n) is 3.74. The quantitative estimate of drug-likeness (QED) is 0.862. The molecule has 1 aromatic rings. The summed E-state index contributed by atoms with van der Waals surface area (Å²) >= 11 is 0. The summed E-state index contributed by atoms with van der Waals surface area (Å²) in [6.07, 6.45) is 1.14. The fraction of sp³-hybridized carbons (Fsp3) is 0.500. The molecule has 2 amide bonds. The Hall–Kier alpha value is -2.08. The minimum atomic E-state index is -0.434. The SMILES string of the molecule is CN(C)C(=O)CNc1cccc(C(=O)N2CCC[C@@H](O)C2)c1. The minimum Gasteiger partial charge on any atom is -0.391 e. The number of piperidine rings is 1. The number of amides is 2. The summed E-state index contributed by atoms with van der Waals surface area (Å²) in [6.45, 7) is 1.25. The van der Waals surface area contributed by atoms with Crippen molar-refractivity contribution >= 4 is 17.5 Å². The van der Waals surface area contributed by atoms with Crippen LogP contribution in [-0.2, 0) is 4.79 Å². The van der Waals surface area contributed by atoms with Gasteiger partial charge in [-0.05, 0) is 31.0 Å². The van der Waals surface area contributed by atoms with Crippen LogP contribution in [0.1, 0.15) is 23.2 Å². The zero-order valence-electron chi connectivity index (χ0n) is 13.1. The van der Waals surface area contributed by atoms with Crippen LogP contribution in [0.3, 0.4) is 0 Å². The number of benzene rings is 1. The number of hydrogen-bond donors (Lipinski definition) is 2. The molecule has 0 spiro atoms. The van der Waals surface area contributed by atoms with Gasteiger partial charge in [0.15, 0.2) is 0 Å². The summed E-state index contributed by atoms with van der Waals surface area (Å²) in [5.41, 5.74) is 1.30. The van der Waals surface area contributed by atoms with Crippen molar-refractivity contribution in [3.05, 3.63) is 29.8 Å². The van der Waals surface area contributed by atoms with Gasteiger partial charge in [0.1, 0.15) is 0 Å². The number of aliphatic hydroxyl groups excluding tert-OH is 1. The summed E-state index contributed by atoms with van der Waals surface area (Å²) in [6, 6.07) is 7.11. The van der Waals surface area contributed by atoms with E-state index in [9.17, 15) is 14.7 Å². The predicted molar refractivity (Wildman–Crippen MR) is 84.8 cm³/mol. The number of nitrogens with one attached hydrogen (secondary N) is 1. The second-order valence-electron chi connectivity index (χ2n) is 5.77. The first-order valence-electron chi connectivity index (χ1n) is 7.49. The van der Waals surface area contributed by atoms with Gasteiger partial charge in [0.2, 0.25) is 5.91 Å². The van der Waals surface area contributed by atoms with Crippen molar-refractivity contribution in [2.45, 2.75) is 18.9 Å². The van der Waals surface area contributed by atoms with E-state index in [-0.39, 0.29) is 18.4 Å². The molecule has 0 radical (unpaired) electrons. The molecular weight excluding hydrogens is 282 g/mol. The predicted octanol–water partition coefficient (Wildman–Crippen LogP) is 0.784. The van der Waals surface area contributed by atoms with E-state index in [2.05, 4.69) is 5.32 Å². The normalized spacial score (nSPS) is 18.0. The molecule has 1 saturated heterocycles. The molecule has 1 aromatic carbocycles. The average molecular weight is 305 g/mol. The van der Waals surface area contributed by atoms with Crippen LogP contribution in [0.4, 0.5) is 5.69 Å². The Kier molecular flexibility index (Phi) is 5.38. The highest BCUT2D eigenvalue weighted by Gasteiger charge is 2.23. The minimum absolute atomic E-state index is 0.0316. The molecule has 1 heterocycles. The Morgan fingerprint density at radius 2 is 2.18 bits per heavy atom. The first kappa shape index (κ1) is 16.3. The smallest absolute Gasteiger partial charge is 0.254 e. The Labute approximate surface area is 130 Å². The van der Waals surface area contributed by atoms with Crippen LogP contribution in [0.2, 0.25) is 0 Å². The Bertz CT molecular complexity index is 545. The van der Waals surface area contributed by atoms with Gasteiger partial charge in [-0.15, -0.1) is 0 Å². The van der Waals surface area contributed by atoms with Crippen molar-refractivity contribution in [3.63, 3.8) is 0 Å². The topological polar surface area (TPSA) is 72.9 Å². The summed E-state index contributed by atoms with van der Waals surface area (Å²) in [5.74, 6) is -0.114. The molecule has 6 heteroatoms. The molecule has 0 unspecified atom stereocenters. The molecule has 0 bridgehead atoms. The van der Waals surface area contributed by atoms with Crippen LogP contribution < -0.4 is 5.32 Å². The summed E-state index contributed by atoms with van der Waals surface area (Å²) in [5, 5.41) is 12.7. The average Bonchev–Trinajstić information content (AvgIpc) is 2.52. The largest absolute Gasteiger partial charge is 0.391 e. The summed E-state index contributed by atoms with van der Waals surface area (Å²) in [7, 11) is 3.40.